The number of furan rings is 1. The number of fused-ring (bicyclic) bond motifs is 1. The Bertz CT molecular complexity index is 766. The number of thiol groups is 1. The second-order valence-electron chi connectivity index (χ2n) is 4.40. The number of hydrogen-bond donors (Lipinski definition) is 2. The molecule has 0 saturated carbocycles. The van der Waals surface area contributed by atoms with Crippen molar-refractivity contribution in [3.8, 4) is 0 Å². The summed E-state index contributed by atoms with van der Waals surface area (Å²) >= 11 is 10.1. The predicted octanol–water partition coefficient (Wildman–Crippen LogP) is 3.29. The largest absolute Gasteiger partial charge is 0.463 e. The van der Waals surface area contributed by atoms with E-state index in [9.17, 15) is 0 Å². The smallest absolute Gasteiger partial charge is 0.152 e. The Morgan fingerprint density at radius 2 is 2.20 bits per heavy atom. The molecule has 0 aliphatic heterocycles. The van der Waals surface area contributed by atoms with Crippen molar-refractivity contribution < 1.29 is 4.42 Å². The SMILES string of the molecule is CC(c1cc2ccoc2cn1)c1nc(N)c(S)c(Cl)n1. The van der Waals surface area contributed by atoms with E-state index in [0.29, 0.717) is 10.7 Å². The second-order valence-corrected chi connectivity index (χ2v) is 5.20. The number of anilines is 1. The molecule has 0 aromatic carbocycles. The van der Waals surface area contributed by atoms with E-state index in [-0.39, 0.29) is 16.9 Å². The summed E-state index contributed by atoms with van der Waals surface area (Å²) in [6.45, 7) is 1.94. The molecular formula is C13H11ClN4OS. The molecule has 0 saturated heterocycles. The van der Waals surface area contributed by atoms with Gasteiger partial charge < -0.3 is 10.2 Å². The van der Waals surface area contributed by atoms with Gasteiger partial charge in [-0.1, -0.05) is 11.6 Å². The molecule has 1 unspecified atom stereocenters. The highest BCUT2D eigenvalue weighted by molar-refractivity contribution is 7.80. The fraction of sp³-hybridized carbons (Fsp3) is 0.154. The molecule has 0 aliphatic carbocycles. The summed E-state index contributed by atoms with van der Waals surface area (Å²) in [4.78, 5) is 13.2. The quantitative estimate of drug-likeness (QED) is 0.561. The maximum absolute atomic E-state index is 5.99. The first kappa shape index (κ1) is 13.2. The number of aromatic nitrogens is 3. The van der Waals surface area contributed by atoms with E-state index in [1.165, 1.54) is 0 Å². The van der Waals surface area contributed by atoms with Crippen molar-refractivity contribution >= 4 is 41.0 Å². The summed E-state index contributed by atoms with van der Waals surface area (Å²) in [5.74, 6) is 0.642. The van der Waals surface area contributed by atoms with E-state index in [1.807, 2.05) is 19.1 Å². The van der Waals surface area contributed by atoms with E-state index < -0.39 is 0 Å². The first-order valence-corrected chi connectivity index (χ1v) is 6.74. The Kier molecular flexibility index (Phi) is 3.27. The molecule has 3 heterocycles. The Labute approximate surface area is 125 Å². The first-order valence-electron chi connectivity index (χ1n) is 5.91. The van der Waals surface area contributed by atoms with Crippen LogP contribution in [-0.2, 0) is 0 Å². The van der Waals surface area contributed by atoms with Crippen molar-refractivity contribution in [2.24, 2.45) is 0 Å². The number of nitrogen functional groups attached to an aromatic ring is 1. The van der Waals surface area contributed by atoms with Crippen molar-refractivity contribution in [1.82, 2.24) is 15.0 Å². The highest BCUT2D eigenvalue weighted by Gasteiger charge is 2.17. The Morgan fingerprint density at radius 3 is 2.95 bits per heavy atom. The van der Waals surface area contributed by atoms with Gasteiger partial charge in [-0.05, 0) is 19.1 Å². The van der Waals surface area contributed by atoms with Crippen LogP contribution in [0.25, 0.3) is 11.0 Å². The van der Waals surface area contributed by atoms with Crippen molar-refractivity contribution in [2.45, 2.75) is 17.7 Å². The van der Waals surface area contributed by atoms with E-state index in [1.54, 1.807) is 12.5 Å². The molecule has 0 aliphatic rings. The summed E-state index contributed by atoms with van der Waals surface area (Å²) in [6, 6.07) is 3.82. The van der Waals surface area contributed by atoms with Gasteiger partial charge in [0.05, 0.1) is 29.0 Å². The molecule has 3 rings (SSSR count). The zero-order chi connectivity index (χ0) is 14.3. The van der Waals surface area contributed by atoms with Gasteiger partial charge in [0.1, 0.15) is 16.8 Å². The van der Waals surface area contributed by atoms with Crippen molar-refractivity contribution in [1.29, 1.82) is 0 Å². The van der Waals surface area contributed by atoms with E-state index in [4.69, 9.17) is 21.8 Å². The topological polar surface area (TPSA) is 77.8 Å². The van der Waals surface area contributed by atoms with Crippen molar-refractivity contribution in [2.75, 3.05) is 5.73 Å². The van der Waals surface area contributed by atoms with E-state index >= 15 is 0 Å². The summed E-state index contributed by atoms with van der Waals surface area (Å²) in [6.07, 6.45) is 3.31. The van der Waals surface area contributed by atoms with Gasteiger partial charge in [-0.2, -0.15) is 0 Å². The zero-order valence-corrected chi connectivity index (χ0v) is 12.2. The zero-order valence-electron chi connectivity index (χ0n) is 10.5. The number of rotatable bonds is 2. The van der Waals surface area contributed by atoms with Crippen LogP contribution in [0, 0.1) is 0 Å². The lowest BCUT2D eigenvalue weighted by Gasteiger charge is -2.11. The highest BCUT2D eigenvalue weighted by Crippen LogP contribution is 2.28. The average Bonchev–Trinajstić information content (AvgIpc) is 2.90. The fourth-order valence-corrected chi connectivity index (χ4v) is 2.19. The Balaban J connectivity index is 2.05. The van der Waals surface area contributed by atoms with Crippen molar-refractivity contribution in [3.63, 3.8) is 0 Å². The predicted molar refractivity (Wildman–Crippen MR) is 80.2 cm³/mol. The summed E-state index contributed by atoms with van der Waals surface area (Å²) in [5, 5.41) is 1.22. The van der Waals surface area contributed by atoms with Gasteiger partial charge in [0, 0.05) is 5.39 Å². The molecule has 20 heavy (non-hydrogen) atoms. The molecular weight excluding hydrogens is 296 g/mol. The van der Waals surface area contributed by atoms with E-state index in [0.717, 1.165) is 16.7 Å². The van der Waals surface area contributed by atoms with E-state index in [2.05, 4.69) is 27.6 Å². The van der Waals surface area contributed by atoms with Crippen LogP contribution in [0.1, 0.15) is 24.4 Å². The minimum Gasteiger partial charge on any atom is -0.463 e. The second kappa shape index (κ2) is 4.96. The fourth-order valence-electron chi connectivity index (χ4n) is 1.91. The molecule has 3 aromatic rings. The molecule has 7 heteroatoms. The summed E-state index contributed by atoms with van der Waals surface area (Å²) < 4.78 is 5.27. The summed E-state index contributed by atoms with van der Waals surface area (Å²) in [5.41, 5.74) is 7.33. The molecule has 0 spiro atoms. The number of nitrogens with zero attached hydrogens (tertiary/aromatic N) is 3. The van der Waals surface area contributed by atoms with Crippen LogP contribution < -0.4 is 5.73 Å². The molecule has 0 amide bonds. The lowest BCUT2D eigenvalue weighted by molar-refractivity contribution is 0.613. The van der Waals surface area contributed by atoms with Gasteiger partial charge >= 0.3 is 0 Å². The van der Waals surface area contributed by atoms with Gasteiger partial charge in [-0.25, -0.2) is 9.97 Å². The standard InChI is InChI=1S/C13H11ClN4OS/c1-6(13-17-11(14)10(20)12(15)18-13)8-4-7-2-3-19-9(7)5-16-8/h2-6,20H,1H3,(H2,15,17,18). The Morgan fingerprint density at radius 1 is 1.40 bits per heavy atom. The first-order chi connectivity index (χ1) is 9.56. The average molecular weight is 307 g/mol. The molecule has 5 nitrogen and oxygen atoms in total. The van der Waals surface area contributed by atoms with Crippen LogP contribution in [0.5, 0.6) is 0 Å². The van der Waals surface area contributed by atoms with Crippen molar-refractivity contribution in [3.05, 3.63) is 41.3 Å². The number of nitrogens with two attached hydrogens (primary N) is 1. The van der Waals surface area contributed by atoms with Gasteiger partial charge in [0.25, 0.3) is 0 Å². The lowest BCUT2D eigenvalue weighted by atomic mass is 10.1. The highest BCUT2D eigenvalue weighted by atomic mass is 35.5. The third-order valence-corrected chi connectivity index (χ3v) is 3.92. The minimum absolute atomic E-state index is 0.136. The molecule has 3 aromatic heterocycles. The van der Waals surface area contributed by atoms with Gasteiger partial charge in [0.2, 0.25) is 0 Å². The van der Waals surface area contributed by atoms with Crippen LogP contribution in [0.4, 0.5) is 5.82 Å². The molecule has 102 valence electrons. The van der Waals surface area contributed by atoms with Gasteiger partial charge in [-0.3, -0.25) is 4.98 Å². The molecule has 0 bridgehead atoms. The van der Waals surface area contributed by atoms with Crippen LogP contribution in [0.15, 0.2) is 33.9 Å². The monoisotopic (exact) mass is 306 g/mol. The lowest BCUT2D eigenvalue weighted by Crippen LogP contribution is -2.07. The minimum atomic E-state index is -0.136. The van der Waals surface area contributed by atoms with Gasteiger partial charge in [-0.15, -0.1) is 12.6 Å². The third-order valence-electron chi connectivity index (χ3n) is 3.08. The molecule has 1 atom stereocenters. The number of halogens is 1. The molecule has 0 fully saturated rings. The maximum atomic E-state index is 5.99. The van der Waals surface area contributed by atoms with Crippen LogP contribution >= 0.6 is 24.2 Å². The molecule has 2 N–H and O–H groups in total. The maximum Gasteiger partial charge on any atom is 0.152 e. The van der Waals surface area contributed by atoms with Crippen LogP contribution in [-0.4, -0.2) is 15.0 Å². The van der Waals surface area contributed by atoms with Gasteiger partial charge in [0.15, 0.2) is 5.58 Å². The van der Waals surface area contributed by atoms with Crippen LogP contribution in [0.3, 0.4) is 0 Å². The van der Waals surface area contributed by atoms with Crippen LogP contribution in [0.2, 0.25) is 5.15 Å². The summed E-state index contributed by atoms with van der Waals surface area (Å²) in [7, 11) is 0. The number of pyridine rings is 1. The number of hydrogen-bond acceptors (Lipinski definition) is 6. The Hall–Kier alpha value is -1.79. The third kappa shape index (κ3) is 2.21. The molecule has 0 radical (unpaired) electrons. The normalized spacial score (nSPS) is 12.8.